The van der Waals surface area contributed by atoms with E-state index in [9.17, 15) is 0 Å². The summed E-state index contributed by atoms with van der Waals surface area (Å²) in [4.78, 5) is 16.8. The lowest BCUT2D eigenvalue weighted by molar-refractivity contribution is 1.18. The second-order valence-electron chi connectivity index (χ2n) is 21.1. The van der Waals surface area contributed by atoms with Crippen LogP contribution in [-0.2, 0) is 0 Å². The summed E-state index contributed by atoms with van der Waals surface area (Å²) in [5.74, 6) is 0.636. The SMILES string of the molecule is c1ccc(-c2cc(-c3ccccc3)cc(-c3cc(-c4cc(-c5ccccc5)cc(-c5ccccc5)c4)nc(-c4cccc(-c5ccc(-c6c(-c7ccccc7)c(-c7ccccc7)nc(-c7ccccc7)c6-c6ccccc6)cc5)c4)n3)c2)cc1. The van der Waals surface area contributed by atoms with Crippen molar-refractivity contribution in [3.8, 4) is 145 Å². The molecule has 0 aliphatic heterocycles. The molecule has 0 N–H and O–H groups in total. The zero-order valence-electron chi connectivity index (χ0n) is 46.1. The zero-order chi connectivity index (χ0) is 56.0. The monoisotopic (exact) mass is 1070 g/mol. The van der Waals surface area contributed by atoms with E-state index in [0.717, 1.165) is 140 Å². The Morgan fingerprint density at radius 2 is 0.393 bits per heavy atom. The standard InChI is InChI=1S/C81H55N3/c1-9-26-56(27-10-1)68-49-69(57-28-11-2-12-29-57)52-72(51-68)74-55-75(73-53-70(58-30-13-3-14-31-58)50-71(54-73)59-32-15-4-16-33-59)83-81(82-74)67-43-25-42-66(48-67)60-44-46-63(47-45-60)76-77(61-34-17-5-18-35-61)79(64-38-21-7-22-39-64)84-80(65-40-23-8-24-41-65)78(76)62-36-19-6-20-37-62/h1-55H. The quantitative estimate of drug-likeness (QED) is 0.115. The highest BCUT2D eigenvalue weighted by atomic mass is 14.9. The van der Waals surface area contributed by atoms with Gasteiger partial charge in [0.15, 0.2) is 5.82 Å². The van der Waals surface area contributed by atoms with Crippen LogP contribution in [0.25, 0.3) is 145 Å². The number of hydrogen-bond donors (Lipinski definition) is 0. The summed E-state index contributed by atoms with van der Waals surface area (Å²) in [6.07, 6.45) is 0. The van der Waals surface area contributed by atoms with Gasteiger partial charge in [-0.25, -0.2) is 15.0 Å². The minimum Gasteiger partial charge on any atom is -0.246 e. The molecule has 0 atom stereocenters. The van der Waals surface area contributed by atoms with Crippen LogP contribution >= 0.6 is 0 Å². The molecular formula is C81H55N3. The van der Waals surface area contributed by atoms with Crippen molar-refractivity contribution in [1.82, 2.24) is 15.0 Å². The number of hydrogen-bond acceptors (Lipinski definition) is 3. The third-order valence-corrected chi connectivity index (χ3v) is 15.7. The van der Waals surface area contributed by atoms with Crippen LogP contribution in [0, 0.1) is 0 Å². The van der Waals surface area contributed by atoms with E-state index in [2.05, 4.69) is 334 Å². The number of benzene rings is 12. The highest BCUT2D eigenvalue weighted by Crippen LogP contribution is 2.49. The highest BCUT2D eigenvalue weighted by Gasteiger charge is 2.26. The Kier molecular flexibility index (Phi) is 14.1. The molecule has 84 heavy (non-hydrogen) atoms. The lowest BCUT2D eigenvalue weighted by Crippen LogP contribution is -2.01. The van der Waals surface area contributed by atoms with Crippen molar-refractivity contribution in [2.24, 2.45) is 0 Å². The summed E-state index contributed by atoms with van der Waals surface area (Å²) < 4.78 is 0. The normalized spacial score (nSPS) is 11.1. The molecule has 0 aliphatic rings. The lowest BCUT2D eigenvalue weighted by atomic mass is 9.83. The number of pyridine rings is 1. The summed E-state index contributed by atoms with van der Waals surface area (Å²) in [6, 6.07) is 119. The molecule has 2 aromatic heterocycles. The minimum atomic E-state index is 0.636. The minimum absolute atomic E-state index is 0.636. The lowest BCUT2D eigenvalue weighted by Gasteiger charge is -2.23. The highest BCUT2D eigenvalue weighted by molar-refractivity contribution is 6.05. The maximum Gasteiger partial charge on any atom is 0.160 e. The molecule has 2 heterocycles. The van der Waals surface area contributed by atoms with Gasteiger partial charge >= 0.3 is 0 Å². The smallest absolute Gasteiger partial charge is 0.160 e. The van der Waals surface area contributed by atoms with Gasteiger partial charge < -0.3 is 0 Å². The van der Waals surface area contributed by atoms with E-state index in [1.807, 2.05) is 0 Å². The van der Waals surface area contributed by atoms with Crippen LogP contribution in [0.3, 0.4) is 0 Å². The van der Waals surface area contributed by atoms with E-state index in [0.29, 0.717) is 5.82 Å². The van der Waals surface area contributed by atoms with E-state index in [1.54, 1.807) is 0 Å². The van der Waals surface area contributed by atoms with Gasteiger partial charge in [0.2, 0.25) is 0 Å². The first kappa shape index (κ1) is 51.0. The molecule has 0 spiro atoms. The third kappa shape index (κ3) is 10.6. The predicted molar refractivity (Wildman–Crippen MR) is 350 cm³/mol. The van der Waals surface area contributed by atoms with E-state index < -0.39 is 0 Å². The van der Waals surface area contributed by atoms with Gasteiger partial charge in [0, 0.05) is 44.5 Å². The van der Waals surface area contributed by atoms with Crippen LogP contribution in [0.15, 0.2) is 334 Å². The molecule has 0 bridgehead atoms. The molecule has 0 radical (unpaired) electrons. The number of aromatic nitrogens is 3. The van der Waals surface area contributed by atoms with Crippen LogP contribution in [0.2, 0.25) is 0 Å². The van der Waals surface area contributed by atoms with Gasteiger partial charge in [0.1, 0.15) is 0 Å². The maximum atomic E-state index is 5.67. The van der Waals surface area contributed by atoms with Crippen LogP contribution in [0.1, 0.15) is 0 Å². The molecule has 0 saturated carbocycles. The Labute approximate surface area is 491 Å². The van der Waals surface area contributed by atoms with Gasteiger partial charge in [-0.2, -0.15) is 0 Å². The van der Waals surface area contributed by atoms with Crippen LogP contribution in [-0.4, -0.2) is 15.0 Å². The van der Waals surface area contributed by atoms with Crippen LogP contribution in [0.5, 0.6) is 0 Å². The van der Waals surface area contributed by atoms with Crippen molar-refractivity contribution in [3.63, 3.8) is 0 Å². The molecule has 3 heteroatoms. The fourth-order valence-corrected chi connectivity index (χ4v) is 11.5. The fraction of sp³-hybridized carbons (Fsp3) is 0. The Morgan fingerprint density at radius 1 is 0.143 bits per heavy atom. The molecule has 0 unspecified atom stereocenters. The fourth-order valence-electron chi connectivity index (χ4n) is 11.5. The maximum absolute atomic E-state index is 5.67. The van der Waals surface area contributed by atoms with Crippen LogP contribution < -0.4 is 0 Å². The summed E-state index contributed by atoms with van der Waals surface area (Å²) in [5.41, 5.74) is 26.2. The first-order chi connectivity index (χ1) is 41.6. The second-order valence-corrected chi connectivity index (χ2v) is 21.1. The van der Waals surface area contributed by atoms with Crippen LogP contribution in [0.4, 0.5) is 0 Å². The summed E-state index contributed by atoms with van der Waals surface area (Å²) in [6.45, 7) is 0. The second kappa shape index (κ2) is 23.2. The predicted octanol–water partition coefficient (Wildman–Crippen LogP) is 21.5. The van der Waals surface area contributed by atoms with E-state index in [-0.39, 0.29) is 0 Å². The summed E-state index contributed by atoms with van der Waals surface area (Å²) in [5, 5.41) is 0. The molecule has 14 aromatic rings. The molecule has 14 rings (SSSR count). The van der Waals surface area contributed by atoms with Crippen molar-refractivity contribution in [3.05, 3.63) is 334 Å². The molecule has 12 aromatic carbocycles. The van der Waals surface area contributed by atoms with E-state index >= 15 is 0 Å². The molecule has 394 valence electrons. The zero-order valence-corrected chi connectivity index (χ0v) is 46.1. The number of nitrogens with zero attached hydrogens (tertiary/aromatic N) is 3. The van der Waals surface area contributed by atoms with Gasteiger partial charge in [0.05, 0.1) is 22.8 Å². The van der Waals surface area contributed by atoms with E-state index in [4.69, 9.17) is 15.0 Å². The molecule has 3 nitrogen and oxygen atoms in total. The van der Waals surface area contributed by atoms with Gasteiger partial charge in [-0.3, -0.25) is 0 Å². The molecule has 0 saturated heterocycles. The molecule has 0 fully saturated rings. The largest absolute Gasteiger partial charge is 0.246 e. The van der Waals surface area contributed by atoms with Gasteiger partial charge in [-0.1, -0.05) is 285 Å². The third-order valence-electron chi connectivity index (χ3n) is 15.7. The Balaban J connectivity index is 0.946. The van der Waals surface area contributed by atoms with Crippen molar-refractivity contribution in [2.45, 2.75) is 0 Å². The molecule has 0 amide bonds. The van der Waals surface area contributed by atoms with Crippen molar-refractivity contribution in [2.75, 3.05) is 0 Å². The number of rotatable bonds is 13. The first-order valence-corrected chi connectivity index (χ1v) is 28.6. The van der Waals surface area contributed by atoms with Gasteiger partial charge in [-0.05, 0) is 121 Å². The average Bonchev–Trinajstić information content (AvgIpc) is 1.25. The average molecular weight is 1070 g/mol. The van der Waals surface area contributed by atoms with Crippen molar-refractivity contribution in [1.29, 1.82) is 0 Å². The van der Waals surface area contributed by atoms with Gasteiger partial charge in [0.25, 0.3) is 0 Å². The Bertz CT molecular complexity index is 4210. The molecule has 0 aliphatic carbocycles. The van der Waals surface area contributed by atoms with Crippen molar-refractivity contribution >= 4 is 0 Å². The molecular weight excluding hydrogens is 1010 g/mol. The topological polar surface area (TPSA) is 38.7 Å². The van der Waals surface area contributed by atoms with Crippen molar-refractivity contribution < 1.29 is 0 Å². The first-order valence-electron chi connectivity index (χ1n) is 28.6. The Hall–Kier alpha value is -11.1. The van der Waals surface area contributed by atoms with Gasteiger partial charge in [-0.15, -0.1) is 0 Å². The van der Waals surface area contributed by atoms with E-state index in [1.165, 1.54) is 0 Å². The Morgan fingerprint density at radius 3 is 0.750 bits per heavy atom. The summed E-state index contributed by atoms with van der Waals surface area (Å²) >= 11 is 0. The summed E-state index contributed by atoms with van der Waals surface area (Å²) in [7, 11) is 0.